The lowest BCUT2D eigenvalue weighted by Crippen LogP contribution is -2.26. The zero-order valence-electron chi connectivity index (χ0n) is 13.0. The Morgan fingerprint density at radius 1 is 1.20 bits per heavy atom. The minimum atomic E-state index is 0.126. The molecule has 0 radical (unpaired) electrons. The zero-order chi connectivity index (χ0) is 14.4. The van der Waals surface area contributed by atoms with Gasteiger partial charge < -0.3 is 10.6 Å². The number of nitrogens with zero attached hydrogens (tertiary/aromatic N) is 2. The first-order valence-corrected chi connectivity index (χ1v) is 8.98. The van der Waals surface area contributed by atoms with E-state index in [9.17, 15) is 0 Å². The molecule has 1 aliphatic rings. The van der Waals surface area contributed by atoms with Crippen molar-refractivity contribution in [2.45, 2.75) is 64.8 Å². The van der Waals surface area contributed by atoms with Crippen LogP contribution in [0.1, 0.15) is 67.6 Å². The number of nitrogens with two attached hydrogens (primary N) is 1. The molecule has 1 aliphatic heterocycles. The first-order valence-electron chi connectivity index (χ1n) is 8.17. The molecule has 2 rings (SSSR count). The van der Waals surface area contributed by atoms with Gasteiger partial charge in [0.25, 0.3) is 0 Å². The van der Waals surface area contributed by atoms with E-state index in [-0.39, 0.29) is 6.04 Å². The molecule has 1 unspecified atom stereocenters. The molecule has 20 heavy (non-hydrogen) atoms. The summed E-state index contributed by atoms with van der Waals surface area (Å²) in [5, 5.41) is 1.28. The van der Waals surface area contributed by atoms with Crippen molar-refractivity contribution in [3.05, 3.63) is 15.6 Å². The largest absolute Gasteiger partial charge is 0.323 e. The van der Waals surface area contributed by atoms with Crippen molar-refractivity contribution in [1.29, 1.82) is 0 Å². The van der Waals surface area contributed by atoms with Crippen molar-refractivity contribution < 1.29 is 0 Å². The van der Waals surface area contributed by atoms with Crippen LogP contribution in [0.25, 0.3) is 0 Å². The molecule has 1 fully saturated rings. The molecule has 0 aromatic carbocycles. The fourth-order valence-corrected chi connectivity index (χ4v) is 3.96. The molecule has 1 aromatic heterocycles. The molecule has 0 bridgehead atoms. The van der Waals surface area contributed by atoms with Crippen LogP contribution in [0.4, 0.5) is 0 Å². The Labute approximate surface area is 127 Å². The van der Waals surface area contributed by atoms with Crippen LogP contribution in [-0.2, 0) is 12.8 Å². The van der Waals surface area contributed by atoms with E-state index in [2.05, 4.69) is 18.7 Å². The van der Waals surface area contributed by atoms with Gasteiger partial charge in [-0.05, 0) is 39.3 Å². The molecule has 0 saturated carbocycles. The van der Waals surface area contributed by atoms with Gasteiger partial charge in [0.1, 0.15) is 0 Å². The van der Waals surface area contributed by atoms with Gasteiger partial charge in [-0.1, -0.05) is 26.2 Å². The molecular weight excluding hydrogens is 266 g/mol. The van der Waals surface area contributed by atoms with Crippen LogP contribution >= 0.6 is 11.3 Å². The SMILES string of the molecule is CCCc1nc(CCN2CCCCCC2)sc1C(C)N. The molecule has 4 heteroatoms. The number of aryl methyl sites for hydroxylation is 1. The minimum absolute atomic E-state index is 0.126. The molecule has 2 heterocycles. The van der Waals surface area contributed by atoms with Crippen LogP contribution < -0.4 is 5.73 Å². The zero-order valence-corrected chi connectivity index (χ0v) is 13.8. The number of thiazole rings is 1. The maximum atomic E-state index is 6.08. The molecule has 114 valence electrons. The fraction of sp³-hybridized carbons (Fsp3) is 0.812. The lowest BCUT2D eigenvalue weighted by atomic mass is 10.2. The molecule has 0 amide bonds. The minimum Gasteiger partial charge on any atom is -0.323 e. The summed E-state index contributed by atoms with van der Waals surface area (Å²) in [6.45, 7) is 7.99. The lowest BCUT2D eigenvalue weighted by Gasteiger charge is -2.18. The van der Waals surface area contributed by atoms with Gasteiger partial charge in [0.15, 0.2) is 0 Å². The van der Waals surface area contributed by atoms with E-state index < -0.39 is 0 Å². The maximum Gasteiger partial charge on any atom is 0.0944 e. The Morgan fingerprint density at radius 3 is 2.50 bits per heavy atom. The Balaban J connectivity index is 1.93. The summed E-state index contributed by atoms with van der Waals surface area (Å²) in [6.07, 6.45) is 8.85. The van der Waals surface area contributed by atoms with Crippen LogP contribution in [-0.4, -0.2) is 29.5 Å². The Morgan fingerprint density at radius 2 is 1.90 bits per heavy atom. The van der Waals surface area contributed by atoms with Gasteiger partial charge in [-0.25, -0.2) is 4.98 Å². The third-order valence-corrected chi connectivity index (χ3v) is 5.37. The van der Waals surface area contributed by atoms with E-state index in [1.807, 2.05) is 11.3 Å². The third-order valence-electron chi connectivity index (χ3n) is 4.01. The van der Waals surface area contributed by atoms with Crippen LogP contribution in [0.5, 0.6) is 0 Å². The van der Waals surface area contributed by atoms with Gasteiger partial charge in [-0.2, -0.15) is 0 Å². The van der Waals surface area contributed by atoms with Crippen molar-refractivity contribution in [2.75, 3.05) is 19.6 Å². The van der Waals surface area contributed by atoms with E-state index >= 15 is 0 Å². The number of hydrogen-bond donors (Lipinski definition) is 1. The molecule has 1 aromatic rings. The van der Waals surface area contributed by atoms with Gasteiger partial charge in [0, 0.05) is 23.9 Å². The summed E-state index contributed by atoms with van der Waals surface area (Å²) < 4.78 is 0. The van der Waals surface area contributed by atoms with Gasteiger partial charge in [0.2, 0.25) is 0 Å². The third kappa shape index (κ3) is 4.54. The van der Waals surface area contributed by atoms with Crippen molar-refractivity contribution in [3.8, 4) is 0 Å². The molecule has 0 aliphatic carbocycles. The van der Waals surface area contributed by atoms with Crippen LogP contribution in [0.3, 0.4) is 0 Å². The molecule has 2 N–H and O–H groups in total. The first kappa shape index (κ1) is 15.9. The average Bonchev–Trinajstić information content (AvgIpc) is 2.66. The molecular formula is C16H29N3S. The number of hydrogen-bond acceptors (Lipinski definition) is 4. The average molecular weight is 295 g/mol. The number of aromatic nitrogens is 1. The van der Waals surface area contributed by atoms with E-state index in [1.54, 1.807) is 0 Å². The molecule has 1 atom stereocenters. The van der Waals surface area contributed by atoms with Gasteiger partial charge in [0.05, 0.1) is 10.7 Å². The molecule has 3 nitrogen and oxygen atoms in total. The van der Waals surface area contributed by atoms with Crippen LogP contribution in [0, 0.1) is 0 Å². The second kappa shape index (κ2) is 8.11. The molecule has 0 spiro atoms. The fourth-order valence-electron chi connectivity index (χ4n) is 2.91. The quantitative estimate of drug-likeness (QED) is 0.873. The first-order chi connectivity index (χ1) is 9.70. The van der Waals surface area contributed by atoms with Crippen LogP contribution in [0.2, 0.25) is 0 Å². The highest BCUT2D eigenvalue weighted by molar-refractivity contribution is 7.11. The highest BCUT2D eigenvalue weighted by atomic mass is 32.1. The van der Waals surface area contributed by atoms with Gasteiger partial charge in [-0.15, -0.1) is 11.3 Å². The highest BCUT2D eigenvalue weighted by Gasteiger charge is 2.15. The highest BCUT2D eigenvalue weighted by Crippen LogP contribution is 2.25. The van der Waals surface area contributed by atoms with Crippen molar-refractivity contribution >= 4 is 11.3 Å². The van der Waals surface area contributed by atoms with Gasteiger partial charge >= 0.3 is 0 Å². The summed E-state index contributed by atoms with van der Waals surface area (Å²) in [7, 11) is 0. The summed E-state index contributed by atoms with van der Waals surface area (Å²) in [5.41, 5.74) is 7.33. The number of rotatable bonds is 6. The summed E-state index contributed by atoms with van der Waals surface area (Å²) in [4.78, 5) is 8.75. The van der Waals surface area contributed by atoms with E-state index in [1.165, 1.54) is 54.4 Å². The monoisotopic (exact) mass is 295 g/mol. The van der Waals surface area contributed by atoms with E-state index in [0.29, 0.717) is 0 Å². The normalized spacial score (nSPS) is 18.9. The Hall–Kier alpha value is -0.450. The van der Waals surface area contributed by atoms with Crippen molar-refractivity contribution in [1.82, 2.24) is 9.88 Å². The predicted molar refractivity (Wildman–Crippen MR) is 87.3 cm³/mol. The summed E-state index contributed by atoms with van der Waals surface area (Å²) in [5.74, 6) is 0. The summed E-state index contributed by atoms with van der Waals surface area (Å²) >= 11 is 1.84. The smallest absolute Gasteiger partial charge is 0.0944 e. The van der Waals surface area contributed by atoms with Crippen molar-refractivity contribution in [3.63, 3.8) is 0 Å². The number of likely N-dealkylation sites (tertiary alicyclic amines) is 1. The van der Waals surface area contributed by atoms with Gasteiger partial charge in [-0.3, -0.25) is 0 Å². The molecule has 1 saturated heterocycles. The Kier molecular flexibility index (Phi) is 6.46. The lowest BCUT2D eigenvalue weighted by molar-refractivity contribution is 0.288. The predicted octanol–water partition coefficient (Wildman–Crippen LogP) is 3.53. The van der Waals surface area contributed by atoms with Crippen LogP contribution in [0.15, 0.2) is 0 Å². The topological polar surface area (TPSA) is 42.2 Å². The van der Waals surface area contributed by atoms with Crippen molar-refractivity contribution in [2.24, 2.45) is 5.73 Å². The van der Waals surface area contributed by atoms with E-state index in [0.717, 1.165) is 25.8 Å². The summed E-state index contributed by atoms with van der Waals surface area (Å²) in [6, 6.07) is 0.126. The Bertz CT molecular complexity index is 392. The standard InChI is InChI=1S/C16H29N3S/c1-3-8-14-16(13(2)17)20-15(18-14)9-12-19-10-6-4-5-7-11-19/h13H,3-12,17H2,1-2H3. The second-order valence-corrected chi connectivity index (χ2v) is 7.08. The second-order valence-electron chi connectivity index (χ2n) is 5.96. The maximum absolute atomic E-state index is 6.08. The van der Waals surface area contributed by atoms with E-state index in [4.69, 9.17) is 10.7 Å².